The summed E-state index contributed by atoms with van der Waals surface area (Å²) in [7, 11) is 0. The van der Waals surface area contributed by atoms with E-state index < -0.39 is 5.41 Å². The van der Waals surface area contributed by atoms with E-state index >= 15 is 0 Å². The first-order chi connectivity index (χ1) is 11.9. The summed E-state index contributed by atoms with van der Waals surface area (Å²) in [6.45, 7) is 6.08. The van der Waals surface area contributed by atoms with Gasteiger partial charge in [0, 0.05) is 17.9 Å². The van der Waals surface area contributed by atoms with Crippen LogP contribution < -0.4 is 10.2 Å². The van der Waals surface area contributed by atoms with Gasteiger partial charge in [0.25, 0.3) is 0 Å². The number of hydrogen-bond donors (Lipinski definition) is 1. The van der Waals surface area contributed by atoms with Gasteiger partial charge < -0.3 is 10.2 Å². The molecule has 2 amide bonds. The summed E-state index contributed by atoms with van der Waals surface area (Å²) >= 11 is 0. The van der Waals surface area contributed by atoms with Gasteiger partial charge in [-0.15, -0.1) is 0 Å². The third-order valence-electron chi connectivity index (χ3n) is 4.85. The monoisotopic (exact) mass is 336 g/mol. The summed E-state index contributed by atoms with van der Waals surface area (Å²) in [5, 5.41) is 2.88. The van der Waals surface area contributed by atoms with Crippen LogP contribution in [0.3, 0.4) is 0 Å². The van der Waals surface area contributed by atoms with E-state index in [9.17, 15) is 9.59 Å². The molecule has 0 spiro atoms. The number of carbonyl (C=O) groups is 2. The van der Waals surface area contributed by atoms with Gasteiger partial charge in [-0.25, -0.2) is 0 Å². The van der Waals surface area contributed by atoms with Crippen molar-refractivity contribution in [3.63, 3.8) is 0 Å². The van der Waals surface area contributed by atoms with E-state index in [0.717, 1.165) is 24.1 Å². The molecule has 0 bridgehead atoms. The molecular weight excluding hydrogens is 312 g/mol. The molecule has 3 rings (SSSR count). The lowest BCUT2D eigenvalue weighted by Gasteiger charge is -2.28. The van der Waals surface area contributed by atoms with E-state index in [2.05, 4.69) is 12.2 Å². The van der Waals surface area contributed by atoms with Gasteiger partial charge in [0.05, 0.1) is 0 Å². The van der Waals surface area contributed by atoms with Crippen LogP contribution in [0.2, 0.25) is 0 Å². The van der Waals surface area contributed by atoms with Crippen molar-refractivity contribution < 1.29 is 9.59 Å². The van der Waals surface area contributed by atoms with E-state index in [-0.39, 0.29) is 11.8 Å². The Bertz CT molecular complexity index is 794. The summed E-state index contributed by atoms with van der Waals surface area (Å²) in [6, 6.07) is 15.6. The minimum absolute atomic E-state index is 0.167. The summed E-state index contributed by atoms with van der Waals surface area (Å²) < 4.78 is 0. The first-order valence-corrected chi connectivity index (χ1v) is 8.73. The maximum Gasteiger partial charge on any atom is 0.242 e. The highest BCUT2D eigenvalue weighted by Crippen LogP contribution is 2.32. The number of nitrogens with one attached hydrogen (secondary N) is 1. The second kappa shape index (κ2) is 6.71. The smallest absolute Gasteiger partial charge is 0.242 e. The number of rotatable bonds is 4. The summed E-state index contributed by atoms with van der Waals surface area (Å²) in [5.41, 5.74) is 2.86. The lowest BCUT2D eigenvalue weighted by Crippen LogP contribution is -2.47. The Hall–Kier alpha value is -2.62. The molecule has 4 heteroatoms. The zero-order valence-corrected chi connectivity index (χ0v) is 15.0. The number of fused-ring (bicyclic) bond motifs is 1. The van der Waals surface area contributed by atoms with E-state index in [1.165, 1.54) is 5.56 Å². The maximum absolute atomic E-state index is 13.0. The van der Waals surface area contributed by atoms with Gasteiger partial charge in [-0.2, -0.15) is 0 Å². The Morgan fingerprint density at radius 1 is 1.08 bits per heavy atom. The van der Waals surface area contributed by atoms with Gasteiger partial charge in [-0.05, 0) is 56.0 Å². The largest absolute Gasteiger partial charge is 0.325 e. The van der Waals surface area contributed by atoms with Crippen LogP contribution in [0, 0.1) is 5.41 Å². The van der Waals surface area contributed by atoms with Gasteiger partial charge in [0.2, 0.25) is 11.8 Å². The van der Waals surface area contributed by atoms with Crippen molar-refractivity contribution in [1.29, 1.82) is 0 Å². The highest BCUT2D eigenvalue weighted by atomic mass is 16.2. The number of aryl methyl sites for hydroxylation is 1. The molecule has 1 aliphatic rings. The van der Waals surface area contributed by atoms with Crippen LogP contribution in [-0.2, 0) is 22.4 Å². The lowest BCUT2D eigenvalue weighted by atomic mass is 9.90. The fourth-order valence-electron chi connectivity index (χ4n) is 3.09. The van der Waals surface area contributed by atoms with Crippen molar-refractivity contribution in [3.8, 4) is 0 Å². The number of benzene rings is 2. The molecule has 1 heterocycles. The number of para-hydroxylation sites is 1. The van der Waals surface area contributed by atoms with Crippen molar-refractivity contribution in [2.45, 2.75) is 33.6 Å². The molecule has 2 aromatic carbocycles. The average Bonchev–Trinajstić information content (AvgIpc) is 3.05. The molecule has 0 saturated carbocycles. The van der Waals surface area contributed by atoms with Crippen LogP contribution in [-0.4, -0.2) is 18.4 Å². The van der Waals surface area contributed by atoms with Crippen LogP contribution in [0.25, 0.3) is 0 Å². The van der Waals surface area contributed by atoms with E-state index in [0.29, 0.717) is 12.2 Å². The summed E-state index contributed by atoms with van der Waals surface area (Å²) in [5.74, 6) is -0.453. The van der Waals surface area contributed by atoms with Crippen LogP contribution in [0.15, 0.2) is 48.5 Å². The normalized spacial score (nSPS) is 13.5. The Balaban J connectivity index is 1.76. The molecule has 0 radical (unpaired) electrons. The van der Waals surface area contributed by atoms with Crippen LogP contribution in [0.4, 0.5) is 11.4 Å². The molecule has 1 N–H and O–H groups in total. The third kappa shape index (κ3) is 3.29. The number of carbonyl (C=O) groups excluding carboxylic acids is 2. The first kappa shape index (κ1) is 17.2. The number of nitrogens with zero attached hydrogens (tertiary/aromatic N) is 1. The fourth-order valence-corrected chi connectivity index (χ4v) is 3.09. The maximum atomic E-state index is 13.0. The van der Waals surface area contributed by atoms with Gasteiger partial charge in [0.15, 0.2) is 0 Å². The van der Waals surface area contributed by atoms with Gasteiger partial charge in [-0.3, -0.25) is 9.59 Å². The van der Waals surface area contributed by atoms with Gasteiger partial charge in [-0.1, -0.05) is 37.3 Å². The fraction of sp³-hybridized carbons (Fsp3) is 0.333. The minimum Gasteiger partial charge on any atom is -0.325 e. The Kier molecular flexibility index (Phi) is 4.62. The molecule has 2 aromatic rings. The van der Waals surface area contributed by atoms with Gasteiger partial charge >= 0.3 is 0 Å². The molecule has 0 saturated heterocycles. The quantitative estimate of drug-likeness (QED) is 0.863. The molecular formula is C21H24N2O2. The van der Waals surface area contributed by atoms with E-state index in [1.807, 2.05) is 48.5 Å². The molecule has 0 atom stereocenters. The van der Waals surface area contributed by atoms with Crippen molar-refractivity contribution in [2.24, 2.45) is 5.41 Å². The second-order valence-electron chi connectivity index (χ2n) is 6.97. The zero-order valence-electron chi connectivity index (χ0n) is 15.0. The molecule has 0 aliphatic carbocycles. The van der Waals surface area contributed by atoms with Crippen molar-refractivity contribution >= 4 is 23.2 Å². The standard InChI is InChI=1S/C21H24N2O2/c1-4-15-9-11-17(12-10-15)22-19(24)21(2,3)20(25)23-14-13-16-7-5-6-8-18(16)23/h5-12H,4,13-14H2,1-3H3,(H,22,24). The highest BCUT2D eigenvalue weighted by Gasteiger charge is 2.41. The van der Waals surface area contributed by atoms with Crippen LogP contribution in [0.5, 0.6) is 0 Å². The minimum atomic E-state index is -1.14. The zero-order chi connectivity index (χ0) is 18.0. The van der Waals surface area contributed by atoms with E-state index in [4.69, 9.17) is 0 Å². The number of hydrogen-bond acceptors (Lipinski definition) is 2. The molecule has 4 nitrogen and oxygen atoms in total. The lowest BCUT2D eigenvalue weighted by molar-refractivity contribution is -0.136. The van der Waals surface area contributed by atoms with Crippen molar-refractivity contribution in [3.05, 3.63) is 59.7 Å². The predicted octanol–water partition coefficient (Wildman–Crippen LogP) is 3.80. The molecule has 25 heavy (non-hydrogen) atoms. The first-order valence-electron chi connectivity index (χ1n) is 8.73. The Morgan fingerprint density at radius 2 is 1.76 bits per heavy atom. The molecule has 0 fully saturated rings. The molecule has 0 unspecified atom stereocenters. The van der Waals surface area contributed by atoms with Crippen molar-refractivity contribution in [2.75, 3.05) is 16.8 Å². The molecule has 0 aromatic heterocycles. The summed E-state index contributed by atoms with van der Waals surface area (Å²) in [4.78, 5) is 27.5. The second-order valence-corrected chi connectivity index (χ2v) is 6.97. The SMILES string of the molecule is CCc1ccc(NC(=O)C(C)(C)C(=O)N2CCc3ccccc32)cc1. The molecule has 1 aliphatic heterocycles. The van der Waals surface area contributed by atoms with Crippen molar-refractivity contribution in [1.82, 2.24) is 0 Å². The van der Waals surface area contributed by atoms with E-state index in [1.54, 1.807) is 18.7 Å². The van der Waals surface area contributed by atoms with Crippen LogP contribution in [0.1, 0.15) is 31.9 Å². The summed E-state index contributed by atoms with van der Waals surface area (Å²) in [6.07, 6.45) is 1.78. The van der Waals surface area contributed by atoms with Crippen LogP contribution >= 0.6 is 0 Å². The topological polar surface area (TPSA) is 49.4 Å². The third-order valence-corrected chi connectivity index (χ3v) is 4.85. The average molecular weight is 336 g/mol. The highest BCUT2D eigenvalue weighted by molar-refractivity contribution is 6.15. The van der Waals surface area contributed by atoms with Gasteiger partial charge in [0.1, 0.15) is 5.41 Å². The number of anilines is 2. The predicted molar refractivity (Wildman–Crippen MR) is 101 cm³/mol. The Morgan fingerprint density at radius 3 is 2.44 bits per heavy atom. The Labute approximate surface area is 148 Å². The number of amides is 2. The molecule has 130 valence electrons.